The van der Waals surface area contributed by atoms with Gasteiger partial charge < -0.3 is 10.5 Å². The number of amidine groups is 2. The van der Waals surface area contributed by atoms with E-state index in [1.54, 1.807) is 18.2 Å². The molecule has 0 atom stereocenters. The van der Waals surface area contributed by atoms with Crippen LogP contribution in [0.4, 0.5) is 0 Å². The van der Waals surface area contributed by atoms with E-state index in [2.05, 4.69) is 160 Å². The molecule has 5 aromatic carbocycles. The monoisotopic (exact) mass is 790 g/mol. The van der Waals surface area contributed by atoms with Crippen LogP contribution in [0.5, 0.6) is 11.5 Å². The van der Waals surface area contributed by atoms with Crippen LogP contribution >= 0.6 is 0 Å². The second-order valence-corrected chi connectivity index (χ2v) is 15.4. The molecule has 0 saturated carbocycles. The summed E-state index contributed by atoms with van der Waals surface area (Å²) in [4.78, 5) is 14.6. The summed E-state index contributed by atoms with van der Waals surface area (Å²) in [6, 6.07) is 43.5. The van der Waals surface area contributed by atoms with E-state index in [0.717, 1.165) is 80.1 Å². The van der Waals surface area contributed by atoms with Gasteiger partial charge >= 0.3 is 0 Å². The van der Waals surface area contributed by atoms with E-state index in [9.17, 15) is 0 Å². The van der Waals surface area contributed by atoms with E-state index in [0.29, 0.717) is 23.8 Å². The Morgan fingerprint density at radius 2 is 1.52 bits per heavy atom. The molecular formula is C56H46N4O. The van der Waals surface area contributed by atoms with Gasteiger partial charge in [0.2, 0.25) is 0 Å². The number of aromatic nitrogens is 1. The van der Waals surface area contributed by atoms with Gasteiger partial charge in [-0.3, -0.25) is 9.98 Å². The Morgan fingerprint density at radius 1 is 0.787 bits per heavy atom. The molecule has 0 unspecified atom stereocenters. The van der Waals surface area contributed by atoms with Gasteiger partial charge in [0.15, 0.2) is 5.84 Å². The fourth-order valence-electron chi connectivity index (χ4n) is 8.89. The number of rotatable bonds is 10. The topological polar surface area (TPSA) is 72.9 Å². The number of ether oxygens (including phenoxy) is 1. The molecule has 0 bridgehead atoms. The fraction of sp³-hybridized carbons (Fsp3) is 0.0893. The van der Waals surface area contributed by atoms with Gasteiger partial charge in [-0.1, -0.05) is 165 Å². The lowest BCUT2D eigenvalue weighted by atomic mass is 9.66. The lowest BCUT2D eigenvalue weighted by Crippen LogP contribution is -2.32. The van der Waals surface area contributed by atoms with Crippen LogP contribution in [-0.2, 0) is 12.0 Å². The zero-order chi connectivity index (χ0) is 41.9. The molecule has 0 saturated heterocycles. The summed E-state index contributed by atoms with van der Waals surface area (Å²) in [5.74, 6) is 2.48. The molecule has 1 aliphatic heterocycles. The quantitative estimate of drug-likeness (QED) is 0.0852. The minimum Gasteiger partial charge on any atom is -0.457 e. The third kappa shape index (κ3) is 7.04. The number of hydrogen-bond acceptors (Lipinski definition) is 3. The maximum atomic E-state index is 7.07. The summed E-state index contributed by atoms with van der Waals surface area (Å²) in [6.07, 6.45) is 19.2. The molecule has 0 radical (unpaired) electrons. The average Bonchev–Trinajstić information content (AvgIpc) is 3.59. The Hall–Kier alpha value is -7.63. The summed E-state index contributed by atoms with van der Waals surface area (Å²) < 4.78 is 7.07. The van der Waals surface area contributed by atoms with Crippen LogP contribution in [0.15, 0.2) is 217 Å². The largest absolute Gasteiger partial charge is 0.457 e. The van der Waals surface area contributed by atoms with Crippen LogP contribution in [0.3, 0.4) is 0 Å². The first-order valence-corrected chi connectivity index (χ1v) is 20.7. The molecule has 5 nitrogen and oxygen atoms in total. The number of benzene rings is 5. The first-order valence-electron chi connectivity index (χ1n) is 20.7. The van der Waals surface area contributed by atoms with E-state index in [1.807, 2.05) is 24.4 Å². The maximum absolute atomic E-state index is 7.07. The van der Waals surface area contributed by atoms with Crippen molar-refractivity contribution in [2.75, 3.05) is 0 Å². The first-order chi connectivity index (χ1) is 29.9. The zero-order valence-electron chi connectivity index (χ0n) is 34.3. The number of nitrogens with zero attached hydrogens (tertiary/aromatic N) is 3. The second-order valence-electron chi connectivity index (χ2n) is 15.4. The van der Waals surface area contributed by atoms with Crippen molar-refractivity contribution in [1.82, 2.24) is 4.98 Å². The molecule has 0 fully saturated rings. The lowest BCUT2D eigenvalue weighted by Gasteiger charge is -2.39. The van der Waals surface area contributed by atoms with Crippen LogP contribution in [0, 0.1) is 6.92 Å². The van der Waals surface area contributed by atoms with E-state index in [4.69, 9.17) is 25.4 Å². The van der Waals surface area contributed by atoms with Crippen LogP contribution in [-0.4, -0.2) is 16.7 Å². The minimum atomic E-state index is -0.602. The van der Waals surface area contributed by atoms with Crippen molar-refractivity contribution in [2.24, 2.45) is 15.7 Å². The Balaban J connectivity index is 1.17. The molecule has 2 aliphatic carbocycles. The fourth-order valence-corrected chi connectivity index (χ4v) is 8.89. The predicted molar refractivity (Wildman–Crippen MR) is 253 cm³/mol. The Kier molecular flexibility index (Phi) is 10.5. The highest BCUT2D eigenvalue weighted by Gasteiger charge is 2.51. The third-order valence-electron chi connectivity index (χ3n) is 11.7. The van der Waals surface area contributed by atoms with Gasteiger partial charge in [0.25, 0.3) is 0 Å². The summed E-state index contributed by atoms with van der Waals surface area (Å²) in [7, 11) is 0. The number of fused-ring (bicyclic) bond motifs is 9. The van der Waals surface area contributed by atoms with Crippen LogP contribution in [0.1, 0.15) is 57.5 Å². The van der Waals surface area contributed by atoms with Crippen molar-refractivity contribution in [3.05, 3.63) is 252 Å². The molecule has 61 heavy (non-hydrogen) atoms. The molecule has 5 heteroatoms. The van der Waals surface area contributed by atoms with Crippen LogP contribution < -0.4 is 10.5 Å². The van der Waals surface area contributed by atoms with Crippen molar-refractivity contribution in [1.29, 1.82) is 0 Å². The molecule has 296 valence electrons. The number of aryl methyl sites for hydroxylation is 1. The van der Waals surface area contributed by atoms with Gasteiger partial charge in [-0.15, -0.1) is 0 Å². The minimum absolute atomic E-state index is 0.309. The van der Waals surface area contributed by atoms with E-state index in [-0.39, 0.29) is 0 Å². The predicted octanol–water partition coefficient (Wildman–Crippen LogP) is 13.0. The van der Waals surface area contributed by atoms with Gasteiger partial charge in [-0.25, -0.2) is 4.99 Å². The zero-order valence-corrected chi connectivity index (χ0v) is 34.3. The highest BCUT2D eigenvalue weighted by atomic mass is 16.5. The van der Waals surface area contributed by atoms with Crippen molar-refractivity contribution in [3.8, 4) is 33.8 Å². The normalized spacial score (nSPS) is 15.0. The second kappa shape index (κ2) is 16.6. The van der Waals surface area contributed by atoms with Gasteiger partial charge in [-0.05, 0) is 94.1 Å². The average molecular weight is 791 g/mol. The molecule has 6 aromatic rings. The summed E-state index contributed by atoms with van der Waals surface area (Å²) in [6.45, 7) is 14.3. The maximum Gasteiger partial charge on any atom is 0.156 e. The van der Waals surface area contributed by atoms with Crippen molar-refractivity contribution < 1.29 is 4.74 Å². The molecule has 1 spiro atoms. The van der Waals surface area contributed by atoms with Gasteiger partial charge in [0.05, 0.1) is 17.7 Å². The highest BCUT2D eigenvalue weighted by Crippen LogP contribution is 2.62. The molecule has 9 rings (SSSR count). The number of hydrogen-bond donors (Lipinski definition) is 1. The summed E-state index contributed by atoms with van der Waals surface area (Å²) in [5.41, 5.74) is 21.7. The Labute approximate surface area is 358 Å². The highest BCUT2D eigenvalue weighted by molar-refractivity contribution is 6.12. The first kappa shape index (κ1) is 38.9. The van der Waals surface area contributed by atoms with Crippen LogP contribution in [0.2, 0.25) is 0 Å². The van der Waals surface area contributed by atoms with Gasteiger partial charge in [0.1, 0.15) is 17.3 Å². The van der Waals surface area contributed by atoms with Crippen molar-refractivity contribution in [2.45, 2.75) is 31.7 Å². The van der Waals surface area contributed by atoms with Gasteiger partial charge in [0, 0.05) is 34.0 Å². The number of aliphatic imine (C=N–C) groups is 2. The van der Waals surface area contributed by atoms with Crippen LogP contribution in [0.25, 0.3) is 27.8 Å². The smallest absolute Gasteiger partial charge is 0.156 e. The molecule has 2 N–H and O–H groups in total. The van der Waals surface area contributed by atoms with Crippen molar-refractivity contribution in [3.63, 3.8) is 0 Å². The van der Waals surface area contributed by atoms with Gasteiger partial charge in [-0.2, -0.15) is 0 Å². The third-order valence-corrected chi connectivity index (χ3v) is 11.7. The number of pyridine rings is 1. The standard InChI is InChI=1S/C56H46N4O/c1-5-7-18-38(4)54(57)60-55(40-20-9-8-10-21-40)59-36-39-28-30-49-51(33-39)61-52-35-42(41-22-15-23-43(34-41)44(17-6-2)53-37(3)19-16-32-58-53)29-31-50(52)56(49)47-26-13-11-24-45(47)46-25-12-14-27-48(46)56/h5-7,9,11-35H,1-2,4,8,10,36H2,3H3,(H2,57,59,60)/b18-7-,44-17-. The summed E-state index contributed by atoms with van der Waals surface area (Å²) in [5, 5.41) is 0. The molecule has 0 amide bonds. The molecule has 1 aromatic heterocycles. The molecule has 2 heterocycles. The number of allylic oxidation sites excluding steroid dienone is 6. The Bertz CT molecular complexity index is 2910. The van der Waals surface area contributed by atoms with E-state index in [1.165, 1.54) is 22.3 Å². The summed E-state index contributed by atoms with van der Waals surface area (Å²) >= 11 is 0. The van der Waals surface area contributed by atoms with E-state index >= 15 is 0 Å². The molecule has 3 aliphatic rings. The molecular weight excluding hydrogens is 745 g/mol. The van der Waals surface area contributed by atoms with E-state index < -0.39 is 5.41 Å². The SMILES string of the molecule is C=C/C=C\C(=C)/C(N)=N/C(=N\Cc1ccc2c(c1)Oc1cc(-c3cccc(/C(=C/C=C)c4ncccc4C)c3)ccc1C21c2ccccc2-c2ccccc21)C1=CCCC=C1. The van der Waals surface area contributed by atoms with Crippen molar-refractivity contribution >= 4 is 17.2 Å². The number of nitrogens with two attached hydrogens (primary N) is 1. The Morgan fingerprint density at radius 3 is 2.25 bits per heavy atom. The lowest BCUT2D eigenvalue weighted by molar-refractivity contribution is 0.436.